The molecule has 0 spiro atoms. The molecule has 86 valence electrons. The number of halogens is 1. The Bertz CT molecular complexity index is 383. The van der Waals surface area contributed by atoms with Crippen LogP contribution in [0.2, 0.25) is 0 Å². The van der Waals surface area contributed by atoms with Crippen molar-refractivity contribution in [2.75, 3.05) is 4.90 Å². The van der Waals surface area contributed by atoms with E-state index in [0.717, 1.165) is 23.1 Å². The molecular weight excluding hydrogens is 268 g/mol. The fourth-order valence-corrected chi connectivity index (χ4v) is 3.49. The topological polar surface area (TPSA) is 55.0 Å². The largest absolute Gasteiger partial charge is 0.349 e. The molecule has 3 rings (SSSR count). The first-order valence-corrected chi connectivity index (χ1v) is 6.54. The molecular formula is C11H15BrN4. The zero-order chi connectivity index (χ0) is 11.1. The van der Waals surface area contributed by atoms with Gasteiger partial charge in [-0.15, -0.1) is 0 Å². The van der Waals surface area contributed by atoms with Crippen molar-refractivity contribution in [1.82, 2.24) is 9.97 Å². The van der Waals surface area contributed by atoms with Crippen LogP contribution in [0, 0.1) is 0 Å². The van der Waals surface area contributed by atoms with Gasteiger partial charge < -0.3 is 10.6 Å². The number of nitrogens with zero attached hydrogens (tertiary/aromatic N) is 3. The van der Waals surface area contributed by atoms with E-state index in [4.69, 9.17) is 5.73 Å². The molecule has 2 unspecified atom stereocenters. The van der Waals surface area contributed by atoms with Crippen LogP contribution in [-0.4, -0.2) is 28.1 Å². The molecule has 0 saturated carbocycles. The first-order valence-electron chi connectivity index (χ1n) is 5.75. The van der Waals surface area contributed by atoms with E-state index in [0.29, 0.717) is 18.1 Å². The van der Waals surface area contributed by atoms with Crippen LogP contribution in [-0.2, 0) is 0 Å². The zero-order valence-electron chi connectivity index (χ0n) is 9.01. The summed E-state index contributed by atoms with van der Waals surface area (Å²) in [5.41, 5.74) is 6.06. The van der Waals surface area contributed by atoms with E-state index in [9.17, 15) is 0 Å². The van der Waals surface area contributed by atoms with Crippen molar-refractivity contribution in [3.8, 4) is 0 Å². The van der Waals surface area contributed by atoms with Crippen molar-refractivity contribution < 1.29 is 0 Å². The predicted molar refractivity (Wildman–Crippen MR) is 66.2 cm³/mol. The molecule has 0 aliphatic carbocycles. The number of anilines is 1. The molecule has 2 fully saturated rings. The minimum Gasteiger partial charge on any atom is -0.349 e. The van der Waals surface area contributed by atoms with Crippen molar-refractivity contribution in [2.24, 2.45) is 5.73 Å². The lowest BCUT2D eigenvalue weighted by atomic mass is 9.98. The van der Waals surface area contributed by atoms with E-state index in [2.05, 4.69) is 30.8 Å². The monoisotopic (exact) mass is 282 g/mol. The number of piperidine rings is 1. The Balaban J connectivity index is 1.94. The number of aromatic nitrogens is 2. The van der Waals surface area contributed by atoms with Crippen molar-refractivity contribution >= 4 is 21.7 Å². The van der Waals surface area contributed by atoms with E-state index >= 15 is 0 Å². The van der Waals surface area contributed by atoms with Crippen LogP contribution >= 0.6 is 15.9 Å². The van der Waals surface area contributed by atoms with Gasteiger partial charge in [-0.05, 0) is 41.6 Å². The summed E-state index contributed by atoms with van der Waals surface area (Å²) in [7, 11) is 0. The Hall–Kier alpha value is -0.680. The summed E-state index contributed by atoms with van der Waals surface area (Å²) >= 11 is 3.53. The van der Waals surface area contributed by atoms with Crippen LogP contribution in [0.5, 0.6) is 0 Å². The molecule has 1 aromatic heterocycles. The maximum absolute atomic E-state index is 6.06. The predicted octanol–water partition coefficient (Wildman–Crippen LogP) is 1.70. The van der Waals surface area contributed by atoms with Crippen molar-refractivity contribution in [3.05, 3.63) is 17.0 Å². The SMILES string of the molecule is NC1CC2CCC(C1)N2c1ncncc1Br. The van der Waals surface area contributed by atoms with E-state index in [1.54, 1.807) is 6.33 Å². The van der Waals surface area contributed by atoms with Crippen LogP contribution in [0.3, 0.4) is 0 Å². The molecule has 2 N–H and O–H groups in total. The molecule has 0 radical (unpaired) electrons. The van der Waals surface area contributed by atoms with Gasteiger partial charge in [0.15, 0.2) is 0 Å². The Morgan fingerprint density at radius 1 is 1.31 bits per heavy atom. The first-order chi connectivity index (χ1) is 7.75. The molecule has 3 heterocycles. The third-order valence-electron chi connectivity index (χ3n) is 3.66. The molecule has 1 aromatic rings. The highest BCUT2D eigenvalue weighted by Gasteiger charge is 2.40. The van der Waals surface area contributed by atoms with Gasteiger partial charge in [0.05, 0.1) is 4.47 Å². The second-order valence-electron chi connectivity index (χ2n) is 4.72. The Labute approximate surface area is 103 Å². The van der Waals surface area contributed by atoms with E-state index in [1.807, 2.05) is 6.20 Å². The highest BCUT2D eigenvalue weighted by atomic mass is 79.9. The van der Waals surface area contributed by atoms with Gasteiger partial charge >= 0.3 is 0 Å². The molecule has 0 amide bonds. The third-order valence-corrected chi connectivity index (χ3v) is 4.22. The quantitative estimate of drug-likeness (QED) is 0.852. The number of fused-ring (bicyclic) bond motifs is 2. The highest BCUT2D eigenvalue weighted by molar-refractivity contribution is 9.10. The lowest BCUT2D eigenvalue weighted by Crippen LogP contribution is -2.48. The lowest BCUT2D eigenvalue weighted by molar-refractivity contribution is 0.411. The van der Waals surface area contributed by atoms with Crippen LogP contribution in [0.25, 0.3) is 0 Å². The van der Waals surface area contributed by atoms with Crippen molar-refractivity contribution in [3.63, 3.8) is 0 Å². The molecule has 2 saturated heterocycles. The summed E-state index contributed by atoms with van der Waals surface area (Å²) in [6.07, 6.45) is 8.11. The zero-order valence-corrected chi connectivity index (χ0v) is 10.6. The molecule has 2 atom stereocenters. The van der Waals surface area contributed by atoms with Crippen LogP contribution in [0.1, 0.15) is 25.7 Å². The normalized spacial score (nSPS) is 33.1. The Kier molecular flexibility index (Phi) is 2.59. The second kappa shape index (κ2) is 3.96. The standard InChI is InChI=1S/C11H15BrN4/c12-10-5-14-6-15-11(10)16-8-1-2-9(16)4-7(13)3-8/h5-9H,1-4,13H2. The van der Waals surface area contributed by atoms with Gasteiger partial charge in [-0.2, -0.15) is 0 Å². The van der Waals surface area contributed by atoms with Gasteiger partial charge in [-0.1, -0.05) is 0 Å². The molecule has 0 aromatic carbocycles. The third kappa shape index (κ3) is 1.62. The van der Waals surface area contributed by atoms with Crippen LogP contribution < -0.4 is 10.6 Å². The summed E-state index contributed by atoms with van der Waals surface area (Å²) in [4.78, 5) is 10.9. The van der Waals surface area contributed by atoms with Crippen molar-refractivity contribution in [2.45, 2.75) is 43.8 Å². The maximum atomic E-state index is 6.06. The average molecular weight is 283 g/mol. The number of nitrogens with two attached hydrogens (primary N) is 1. The highest BCUT2D eigenvalue weighted by Crippen LogP contribution is 2.40. The van der Waals surface area contributed by atoms with E-state index in [1.165, 1.54) is 12.8 Å². The van der Waals surface area contributed by atoms with Gasteiger partial charge in [-0.25, -0.2) is 9.97 Å². The van der Waals surface area contributed by atoms with Gasteiger partial charge in [0.25, 0.3) is 0 Å². The number of rotatable bonds is 1. The van der Waals surface area contributed by atoms with Gasteiger partial charge in [0, 0.05) is 24.3 Å². The first kappa shape index (κ1) is 10.5. The van der Waals surface area contributed by atoms with Gasteiger partial charge in [0.1, 0.15) is 12.1 Å². The smallest absolute Gasteiger partial charge is 0.146 e. The van der Waals surface area contributed by atoms with E-state index in [-0.39, 0.29) is 0 Å². The summed E-state index contributed by atoms with van der Waals surface area (Å²) in [6, 6.07) is 1.51. The fraction of sp³-hybridized carbons (Fsp3) is 0.636. The summed E-state index contributed by atoms with van der Waals surface area (Å²) in [5, 5.41) is 0. The minimum absolute atomic E-state index is 0.370. The molecule has 2 aliphatic rings. The molecule has 2 bridgehead atoms. The average Bonchev–Trinajstić information content (AvgIpc) is 2.53. The minimum atomic E-state index is 0.370. The summed E-state index contributed by atoms with van der Waals surface area (Å²) in [6.45, 7) is 0. The second-order valence-corrected chi connectivity index (χ2v) is 5.57. The van der Waals surface area contributed by atoms with Gasteiger partial charge in [-0.3, -0.25) is 0 Å². The molecule has 5 heteroatoms. The van der Waals surface area contributed by atoms with E-state index < -0.39 is 0 Å². The summed E-state index contributed by atoms with van der Waals surface area (Å²) in [5.74, 6) is 1.04. The summed E-state index contributed by atoms with van der Waals surface area (Å²) < 4.78 is 0.988. The van der Waals surface area contributed by atoms with Crippen LogP contribution in [0.4, 0.5) is 5.82 Å². The number of hydrogen-bond acceptors (Lipinski definition) is 4. The number of hydrogen-bond donors (Lipinski definition) is 1. The fourth-order valence-electron chi connectivity index (χ4n) is 3.06. The molecule has 2 aliphatic heterocycles. The van der Waals surface area contributed by atoms with Crippen LogP contribution in [0.15, 0.2) is 17.0 Å². The van der Waals surface area contributed by atoms with Gasteiger partial charge in [0.2, 0.25) is 0 Å². The van der Waals surface area contributed by atoms with Crippen molar-refractivity contribution in [1.29, 1.82) is 0 Å². The molecule has 16 heavy (non-hydrogen) atoms. The maximum Gasteiger partial charge on any atom is 0.146 e. The lowest BCUT2D eigenvalue weighted by Gasteiger charge is -2.38. The molecule has 4 nitrogen and oxygen atoms in total. The Morgan fingerprint density at radius 3 is 2.62 bits per heavy atom. The Morgan fingerprint density at radius 2 is 2.00 bits per heavy atom.